The monoisotopic (exact) mass is 424 g/mol. The maximum Gasteiger partial charge on any atom is 0.254 e. The number of benzene rings is 1. The standard InChI is InChI=1S/C22H21FN4O2S/c23-17-6-2-1-4-15(17)18-12-30-21(27-18)26-13-8-22(9-13)10-14(11-22)29-20-16(19(24)28)5-3-7-25-20/h1-7,12-14H,8-11H2,(H2,24,28)(H,26,27). The topological polar surface area (TPSA) is 90.1 Å². The zero-order valence-corrected chi connectivity index (χ0v) is 17.0. The van der Waals surface area contributed by atoms with E-state index < -0.39 is 5.91 Å². The van der Waals surface area contributed by atoms with Gasteiger partial charge in [-0.05, 0) is 55.4 Å². The van der Waals surface area contributed by atoms with Crippen molar-refractivity contribution in [1.29, 1.82) is 0 Å². The summed E-state index contributed by atoms with van der Waals surface area (Å²) < 4.78 is 19.9. The number of amides is 1. The molecule has 0 atom stereocenters. The summed E-state index contributed by atoms with van der Waals surface area (Å²) in [6.45, 7) is 0. The van der Waals surface area contributed by atoms with Crippen LogP contribution in [-0.4, -0.2) is 28.0 Å². The normalized spacial score (nSPS) is 24.7. The summed E-state index contributed by atoms with van der Waals surface area (Å²) in [5.41, 5.74) is 7.18. The lowest BCUT2D eigenvalue weighted by atomic mass is 9.53. The number of carbonyl (C=O) groups is 1. The number of halogens is 1. The number of rotatable bonds is 6. The highest BCUT2D eigenvalue weighted by molar-refractivity contribution is 7.14. The molecule has 2 aromatic heterocycles. The lowest BCUT2D eigenvalue weighted by molar-refractivity contribution is -0.0759. The molecule has 0 radical (unpaired) electrons. The Hall–Kier alpha value is -3.00. The van der Waals surface area contributed by atoms with Crippen LogP contribution in [0.25, 0.3) is 11.3 Å². The molecule has 2 fully saturated rings. The van der Waals surface area contributed by atoms with E-state index in [0.29, 0.717) is 28.7 Å². The van der Waals surface area contributed by atoms with E-state index in [1.165, 1.54) is 17.4 Å². The number of anilines is 1. The van der Waals surface area contributed by atoms with E-state index in [4.69, 9.17) is 10.5 Å². The van der Waals surface area contributed by atoms with Crippen LogP contribution in [0.2, 0.25) is 0 Å². The number of nitrogens with zero attached hydrogens (tertiary/aromatic N) is 2. The van der Waals surface area contributed by atoms with Crippen LogP contribution in [0.1, 0.15) is 36.0 Å². The largest absolute Gasteiger partial charge is 0.474 e. The predicted molar refractivity (Wildman–Crippen MR) is 113 cm³/mol. The van der Waals surface area contributed by atoms with E-state index in [9.17, 15) is 9.18 Å². The van der Waals surface area contributed by atoms with Gasteiger partial charge < -0.3 is 15.8 Å². The molecule has 0 aliphatic heterocycles. The average molecular weight is 425 g/mol. The zero-order valence-electron chi connectivity index (χ0n) is 16.2. The van der Waals surface area contributed by atoms with Crippen molar-refractivity contribution in [3.05, 3.63) is 59.4 Å². The molecule has 2 saturated carbocycles. The van der Waals surface area contributed by atoms with E-state index in [1.807, 2.05) is 11.4 Å². The number of thiazole rings is 1. The van der Waals surface area contributed by atoms with Gasteiger partial charge in [-0.25, -0.2) is 14.4 Å². The first-order valence-electron chi connectivity index (χ1n) is 9.90. The Morgan fingerprint density at radius 1 is 1.20 bits per heavy atom. The van der Waals surface area contributed by atoms with E-state index >= 15 is 0 Å². The van der Waals surface area contributed by atoms with Gasteiger partial charge in [0.1, 0.15) is 17.5 Å². The molecule has 30 heavy (non-hydrogen) atoms. The third-order valence-electron chi connectivity index (χ3n) is 5.98. The van der Waals surface area contributed by atoms with Crippen LogP contribution in [0, 0.1) is 11.2 Å². The molecule has 1 spiro atoms. The number of pyridine rings is 1. The van der Waals surface area contributed by atoms with Crippen molar-refractivity contribution in [3.63, 3.8) is 0 Å². The van der Waals surface area contributed by atoms with Crippen molar-refractivity contribution in [1.82, 2.24) is 9.97 Å². The van der Waals surface area contributed by atoms with Gasteiger partial charge in [-0.1, -0.05) is 12.1 Å². The third kappa shape index (κ3) is 3.52. The summed E-state index contributed by atoms with van der Waals surface area (Å²) in [6.07, 6.45) is 5.64. The van der Waals surface area contributed by atoms with Crippen LogP contribution < -0.4 is 15.8 Å². The number of hydrogen-bond donors (Lipinski definition) is 2. The first-order valence-corrected chi connectivity index (χ1v) is 10.8. The number of nitrogens with one attached hydrogen (secondary N) is 1. The Bertz CT molecular complexity index is 1090. The second-order valence-corrected chi connectivity index (χ2v) is 8.99. The molecule has 154 valence electrons. The number of hydrogen-bond acceptors (Lipinski definition) is 6. The van der Waals surface area contributed by atoms with Crippen LogP contribution in [-0.2, 0) is 0 Å². The second kappa shape index (κ2) is 7.36. The molecule has 6 nitrogen and oxygen atoms in total. The highest BCUT2D eigenvalue weighted by atomic mass is 32.1. The number of aromatic nitrogens is 2. The Morgan fingerprint density at radius 3 is 2.77 bits per heavy atom. The van der Waals surface area contributed by atoms with Gasteiger partial charge in [0, 0.05) is 23.2 Å². The third-order valence-corrected chi connectivity index (χ3v) is 6.75. The molecule has 5 rings (SSSR count). The van der Waals surface area contributed by atoms with Crippen molar-refractivity contribution in [2.45, 2.75) is 37.8 Å². The van der Waals surface area contributed by atoms with Gasteiger partial charge in [-0.3, -0.25) is 4.79 Å². The highest BCUT2D eigenvalue weighted by Crippen LogP contribution is 2.57. The smallest absolute Gasteiger partial charge is 0.254 e. The average Bonchev–Trinajstić information content (AvgIpc) is 3.13. The minimum atomic E-state index is -0.529. The Morgan fingerprint density at radius 2 is 2.00 bits per heavy atom. The molecule has 1 aromatic carbocycles. The second-order valence-electron chi connectivity index (χ2n) is 8.14. The molecule has 2 aliphatic carbocycles. The first kappa shape index (κ1) is 19.0. The summed E-state index contributed by atoms with van der Waals surface area (Å²) >= 11 is 1.50. The van der Waals surface area contributed by atoms with Gasteiger partial charge in [-0.15, -0.1) is 11.3 Å². The highest BCUT2D eigenvalue weighted by Gasteiger charge is 2.54. The summed E-state index contributed by atoms with van der Waals surface area (Å²) in [5.74, 6) is -0.467. The molecule has 2 aliphatic rings. The van der Waals surface area contributed by atoms with Crippen LogP contribution in [0.5, 0.6) is 5.88 Å². The molecule has 0 bridgehead atoms. The Balaban J connectivity index is 1.13. The van der Waals surface area contributed by atoms with Crippen molar-refractivity contribution >= 4 is 22.4 Å². The SMILES string of the molecule is NC(=O)c1cccnc1OC1CC2(CC(Nc3nc(-c4ccccc4F)cs3)C2)C1. The molecule has 3 N–H and O–H groups in total. The van der Waals surface area contributed by atoms with Crippen molar-refractivity contribution in [3.8, 4) is 17.1 Å². The van der Waals surface area contributed by atoms with E-state index in [2.05, 4.69) is 15.3 Å². The molecule has 0 unspecified atom stereocenters. The van der Waals surface area contributed by atoms with Crippen LogP contribution in [0.3, 0.4) is 0 Å². The summed E-state index contributed by atoms with van der Waals surface area (Å²) in [7, 11) is 0. The Labute approximate surface area is 177 Å². The predicted octanol–water partition coefficient (Wildman–Crippen LogP) is 4.25. The lowest BCUT2D eigenvalue weighted by Crippen LogP contribution is -2.56. The molecule has 3 aromatic rings. The van der Waals surface area contributed by atoms with E-state index in [-0.39, 0.29) is 17.3 Å². The van der Waals surface area contributed by atoms with Crippen LogP contribution in [0.4, 0.5) is 9.52 Å². The minimum Gasteiger partial charge on any atom is -0.474 e. The van der Waals surface area contributed by atoms with E-state index in [0.717, 1.165) is 30.8 Å². The molecule has 0 saturated heterocycles. The maximum absolute atomic E-state index is 13.9. The maximum atomic E-state index is 13.9. The number of ether oxygens (including phenoxy) is 1. The zero-order chi connectivity index (χ0) is 20.7. The van der Waals surface area contributed by atoms with Gasteiger partial charge in [0.25, 0.3) is 5.91 Å². The first-order chi connectivity index (χ1) is 14.5. The van der Waals surface area contributed by atoms with Gasteiger partial charge >= 0.3 is 0 Å². The number of nitrogens with two attached hydrogens (primary N) is 1. The fourth-order valence-corrected chi connectivity index (χ4v) is 5.34. The molecule has 1 amide bonds. The molecular formula is C22H21FN4O2S. The van der Waals surface area contributed by atoms with Gasteiger partial charge in [0.15, 0.2) is 5.13 Å². The van der Waals surface area contributed by atoms with Crippen molar-refractivity contribution < 1.29 is 13.9 Å². The summed E-state index contributed by atoms with van der Waals surface area (Å²) in [6, 6.07) is 10.3. The number of carbonyl (C=O) groups excluding carboxylic acids is 1. The molecular weight excluding hydrogens is 403 g/mol. The van der Waals surface area contributed by atoms with Gasteiger partial charge in [0.05, 0.1) is 5.69 Å². The molecule has 2 heterocycles. The fraction of sp³-hybridized carbons (Fsp3) is 0.318. The Kier molecular flexibility index (Phi) is 4.66. The van der Waals surface area contributed by atoms with Crippen molar-refractivity contribution in [2.75, 3.05) is 5.32 Å². The lowest BCUT2D eigenvalue weighted by Gasteiger charge is -2.57. The van der Waals surface area contributed by atoms with Crippen LogP contribution >= 0.6 is 11.3 Å². The summed E-state index contributed by atoms with van der Waals surface area (Å²) in [4.78, 5) is 20.2. The van der Waals surface area contributed by atoms with Gasteiger partial charge in [0.2, 0.25) is 5.88 Å². The summed E-state index contributed by atoms with van der Waals surface area (Å²) in [5, 5.41) is 6.17. The molecule has 8 heteroatoms. The van der Waals surface area contributed by atoms with Gasteiger partial charge in [-0.2, -0.15) is 0 Å². The minimum absolute atomic E-state index is 0.0615. The number of primary amides is 1. The van der Waals surface area contributed by atoms with Crippen molar-refractivity contribution in [2.24, 2.45) is 11.1 Å². The fourth-order valence-electron chi connectivity index (χ4n) is 4.55. The van der Waals surface area contributed by atoms with Crippen LogP contribution in [0.15, 0.2) is 48.0 Å². The quantitative estimate of drug-likeness (QED) is 0.618. The van der Waals surface area contributed by atoms with E-state index in [1.54, 1.807) is 30.5 Å².